The maximum Gasteiger partial charge on any atom is 0.304 e. The first kappa shape index (κ1) is 31.5. The molecule has 1 N–H and O–H groups in total. The second-order valence-electron chi connectivity index (χ2n) is 10.6. The Hall–Kier alpha value is -3.47. The number of nitrogens with zero attached hydrogens (tertiary/aromatic N) is 3. The van der Waals surface area contributed by atoms with Crippen LogP contribution in [0.3, 0.4) is 0 Å². The molecule has 3 aromatic rings. The summed E-state index contributed by atoms with van der Waals surface area (Å²) in [4.78, 5) is 29.6. The Bertz CT molecular complexity index is 1470. The van der Waals surface area contributed by atoms with Crippen LogP contribution in [0.5, 0.6) is 0 Å². The number of rotatable bonds is 12. The van der Waals surface area contributed by atoms with Crippen LogP contribution in [0.1, 0.15) is 36.8 Å². The molecule has 0 saturated heterocycles. The van der Waals surface area contributed by atoms with Gasteiger partial charge in [0, 0.05) is 38.1 Å². The molecule has 0 radical (unpaired) electrons. The molecule has 8 nitrogen and oxygen atoms in total. The first-order valence-corrected chi connectivity index (χ1v) is 15.7. The van der Waals surface area contributed by atoms with E-state index in [2.05, 4.69) is 5.32 Å². The molecule has 1 aliphatic rings. The summed E-state index contributed by atoms with van der Waals surface area (Å²) in [5, 5.41) is 3.54. The summed E-state index contributed by atoms with van der Waals surface area (Å²) in [5.74, 6) is -1.46. The first-order valence-electron chi connectivity index (χ1n) is 13.9. The van der Waals surface area contributed by atoms with Gasteiger partial charge in [0.2, 0.25) is 11.8 Å². The molecule has 1 fully saturated rings. The van der Waals surface area contributed by atoms with E-state index in [0.717, 1.165) is 52.0 Å². The number of carbonyl (C=O) groups is 2. The van der Waals surface area contributed by atoms with Gasteiger partial charge in [-0.15, -0.1) is 0 Å². The molecule has 1 saturated carbocycles. The zero-order valence-corrected chi connectivity index (χ0v) is 25.3. The highest BCUT2D eigenvalue weighted by molar-refractivity contribution is 7.90. The Kier molecular flexibility index (Phi) is 10.6. The molecule has 2 amide bonds. The van der Waals surface area contributed by atoms with Gasteiger partial charge in [0.25, 0.3) is 0 Å². The van der Waals surface area contributed by atoms with Crippen LogP contribution in [-0.2, 0) is 32.8 Å². The van der Waals surface area contributed by atoms with Gasteiger partial charge in [-0.2, -0.15) is 12.7 Å². The van der Waals surface area contributed by atoms with Crippen molar-refractivity contribution in [3.8, 4) is 0 Å². The quantitative estimate of drug-likeness (QED) is 0.318. The minimum Gasteiger partial charge on any atom is -0.352 e. The molecule has 11 heteroatoms. The molecular weight excluding hydrogens is 579 g/mol. The van der Waals surface area contributed by atoms with Crippen LogP contribution < -0.4 is 9.62 Å². The van der Waals surface area contributed by atoms with Crippen molar-refractivity contribution in [1.82, 2.24) is 14.5 Å². The fraction of sp³-hybridized carbons (Fsp3) is 0.355. The molecule has 0 unspecified atom stereocenters. The van der Waals surface area contributed by atoms with Gasteiger partial charge in [-0.3, -0.25) is 9.59 Å². The predicted octanol–water partition coefficient (Wildman–Crippen LogP) is 4.79. The van der Waals surface area contributed by atoms with Crippen molar-refractivity contribution in [3.63, 3.8) is 0 Å². The molecule has 0 bridgehead atoms. The van der Waals surface area contributed by atoms with Crippen LogP contribution in [-0.4, -0.2) is 62.2 Å². The Morgan fingerprint density at radius 3 is 2.19 bits per heavy atom. The van der Waals surface area contributed by atoms with Gasteiger partial charge < -0.3 is 10.2 Å². The fourth-order valence-electron chi connectivity index (χ4n) is 5.06. The highest BCUT2D eigenvalue weighted by atomic mass is 35.5. The molecule has 0 heterocycles. The number of hydrogen-bond acceptors (Lipinski definition) is 4. The van der Waals surface area contributed by atoms with Gasteiger partial charge in [0.05, 0.1) is 5.69 Å². The predicted molar refractivity (Wildman–Crippen MR) is 163 cm³/mol. The molecule has 4 rings (SSSR count). The number of halogens is 2. The number of amides is 2. The summed E-state index contributed by atoms with van der Waals surface area (Å²) in [6, 6.07) is 20.3. The Morgan fingerprint density at radius 1 is 0.952 bits per heavy atom. The van der Waals surface area contributed by atoms with Crippen LogP contribution in [0.25, 0.3) is 0 Å². The van der Waals surface area contributed by atoms with E-state index in [0.29, 0.717) is 10.6 Å². The summed E-state index contributed by atoms with van der Waals surface area (Å²) in [6.45, 7) is -0.633. The topological polar surface area (TPSA) is 90.0 Å². The summed E-state index contributed by atoms with van der Waals surface area (Å²) >= 11 is 6.50. The summed E-state index contributed by atoms with van der Waals surface area (Å²) in [6.07, 6.45) is 3.98. The van der Waals surface area contributed by atoms with Gasteiger partial charge in [0.1, 0.15) is 18.4 Å². The Morgan fingerprint density at radius 2 is 1.57 bits per heavy atom. The molecule has 0 aliphatic heterocycles. The van der Waals surface area contributed by atoms with Crippen molar-refractivity contribution in [3.05, 3.63) is 101 Å². The smallest absolute Gasteiger partial charge is 0.304 e. The van der Waals surface area contributed by atoms with Crippen LogP contribution in [0.2, 0.25) is 5.02 Å². The molecule has 1 aliphatic carbocycles. The second kappa shape index (κ2) is 14.1. The fourth-order valence-corrected chi connectivity index (χ4v) is 6.31. The lowest BCUT2D eigenvalue weighted by molar-refractivity contribution is -0.140. The van der Waals surface area contributed by atoms with Crippen molar-refractivity contribution in [2.45, 2.75) is 50.7 Å². The van der Waals surface area contributed by atoms with Gasteiger partial charge >= 0.3 is 10.2 Å². The van der Waals surface area contributed by atoms with E-state index in [1.807, 2.05) is 30.3 Å². The Balaban J connectivity index is 1.76. The lowest BCUT2D eigenvalue weighted by Crippen LogP contribution is -2.55. The first-order chi connectivity index (χ1) is 20.1. The minimum atomic E-state index is -4.17. The number of hydrogen-bond donors (Lipinski definition) is 1. The van der Waals surface area contributed by atoms with Crippen LogP contribution >= 0.6 is 11.6 Å². The van der Waals surface area contributed by atoms with Gasteiger partial charge in [0.15, 0.2) is 0 Å². The molecule has 1 atom stereocenters. The van der Waals surface area contributed by atoms with Crippen molar-refractivity contribution in [2.75, 3.05) is 24.9 Å². The maximum absolute atomic E-state index is 14.3. The van der Waals surface area contributed by atoms with Crippen molar-refractivity contribution in [2.24, 2.45) is 0 Å². The van der Waals surface area contributed by atoms with E-state index >= 15 is 0 Å². The zero-order chi connectivity index (χ0) is 30.3. The Labute approximate surface area is 252 Å². The summed E-state index contributed by atoms with van der Waals surface area (Å²) < 4.78 is 42.4. The third-order valence-corrected chi connectivity index (χ3v) is 9.59. The maximum atomic E-state index is 14.3. The van der Waals surface area contributed by atoms with Gasteiger partial charge in [-0.1, -0.05) is 73.0 Å². The van der Waals surface area contributed by atoms with E-state index < -0.39 is 34.5 Å². The van der Waals surface area contributed by atoms with E-state index in [1.165, 1.54) is 31.1 Å². The average molecular weight is 615 g/mol. The SMILES string of the molecule is CN(C)S(=O)(=O)N(CC(=O)N(Cc1ccccc1Cl)[C@@H](Cc1ccccc1)C(=O)NC1CCCC1)c1ccc(F)cc1. The lowest BCUT2D eigenvalue weighted by atomic mass is 10.0. The number of anilines is 1. The number of carbonyl (C=O) groups excluding carboxylic acids is 2. The third-order valence-electron chi connectivity index (χ3n) is 7.40. The summed E-state index contributed by atoms with van der Waals surface area (Å²) in [5.41, 5.74) is 1.58. The second-order valence-corrected chi connectivity index (χ2v) is 13.1. The largest absolute Gasteiger partial charge is 0.352 e. The molecule has 224 valence electrons. The normalized spacial score (nSPS) is 14.5. The minimum absolute atomic E-state index is 0.0119. The van der Waals surface area contributed by atoms with Crippen LogP contribution in [0, 0.1) is 5.82 Å². The van der Waals surface area contributed by atoms with Crippen LogP contribution in [0.15, 0.2) is 78.9 Å². The van der Waals surface area contributed by atoms with E-state index in [-0.39, 0.29) is 30.6 Å². The molecule has 0 aromatic heterocycles. The number of benzene rings is 3. The highest BCUT2D eigenvalue weighted by Gasteiger charge is 2.35. The van der Waals surface area contributed by atoms with Crippen LogP contribution in [0.4, 0.5) is 10.1 Å². The third kappa shape index (κ3) is 7.87. The monoisotopic (exact) mass is 614 g/mol. The van der Waals surface area contributed by atoms with E-state index in [1.54, 1.807) is 24.3 Å². The van der Waals surface area contributed by atoms with Crippen molar-refractivity contribution >= 4 is 39.3 Å². The zero-order valence-electron chi connectivity index (χ0n) is 23.7. The molecular formula is C31H36ClFN4O4S. The van der Waals surface area contributed by atoms with E-state index in [4.69, 9.17) is 11.6 Å². The van der Waals surface area contributed by atoms with Crippen molar-refractivity contribution in [1.29, 1.82) is 0 Å². The molecule has 3 aromatic carbocycles. The van der Waals surface area contributed by atoms with Gasteiger partial charge in [-0.25, -0.2) is 8.70 Å². The average Bonchev–Trinajstić information content (AvgIpc) is 3.48. The van der Waals surface area contributed by atoms with Gasteiger partial charge in [-0.05, 0) is 54.3 Å². The molecule has 42 heavy (non-hydrogen) atoms. The highest BCUT2D eigenvalue weighted by Crippen LogP contribution is 2.25. The lowest BCUT2D eigenvalue weighted by Gasteiger charge is -2.35. The van der Waals surface area contributed by atoms with Crippen molar-refractivity contribution < 1.29 is 22.4 Å². The number of nitrogens with one attached hydrogen (secondary N) is 1. The molecule has 0 spiro atoms. The standard InChI is InChI=1S/C31H36ClFN4O4S/c1-35(2)42(40,41)37(27-18-16-25(33)17-19-27)22-30(38)36(21-24-12-6-9-15-28(24)32)29(20-23-10-4-3-5-11-23)31(39)34-26-13-7-8-14-26/h3-6,9-12,15-19,26,29H,7-8,13-14,20-22H2,1-2H3,(H,34,39)/t29-/m0/s1. The van der Waals surface area contributed by atoms with E-state index in [9.17, 15) is 22.4 Å². The summed E-state index contributed by atoms with van der Waals surface area (Å²) in [7, 11) is -1.46.